The second-order valence-electron chi connectivity index (χ2n) is 6.39. The topological polar surface area (TPSA) is 87.5 Å². The van der Waals surface area contributed by atoms with Crippen molar-refractivity contribution in [3.05, 3.63) is 52.4 Å². The summed E-state index contributed by atoms with van der Waals surface area (Å²) in [6.07, 6.45) is 2.81. The highest BCUT2D eigenvalue weighted by Crippen LogP contribution is 2.21. The SMILES string of the molecule is Cn1ncc(N2CC[C@H](CNC(=O)Cc3ccccc3O)C2)cc1=O. The number of hydrogen-bond acceptors (Lipinski definition) is 5. The number of carbonyl (C=O) groups excluding carboxylic acids is 1. The largest absolute Gasteiger partial charge is 0.508 e. The molecule has 7 heteroatoms. The van der Waals surface area contributed by atoms with Crippen molar-refractivity contribution in [2.45, 2.75) is 12.8 Å². The summed E-state index contributed by atoms with van der Waals surface area (Å²) in [6.45, 7) is 2.21. The molecule has 2 aromatic rings. The first-order valence-electron chi connectivity index (χ1n) is 8.35. The monoisotopic (exact) mass is 342 g/mol. The van der Waals surface area contributed by atoms with E-state index >= 15 is 0 Å². The molecule has 1 aromatic heterocycles. The highest BCUT2D eigenvalue weighted by molar-refractivity contribution is 5.79. The number of para-hydroxylation sites is 1. The van der Waals surface area contributed by atoms with Gasteiger partial charge in [0.2, 0.25) is 5.91 Å². The van der Waals surface area contributed by atoms with Crippen molar-refractivity contribution in [2.24, 2.45) is 13.0 Å². The van der Waals surface area contributed by atoms with E-state index in [4.69, 9.17) is 0 Å². The maximum Gasteiger partial charge on any atom is 0.268 e. The van der Waals surface area contributed by atoms with Gasteiger partial charge in [0.25, 0.3) is 5.56 Å². The highest BCUT2D eigenvalue weighted by atomic mass is 16.3. The molecule has 0 bridgehead atoms. The third-order valence-electron chi connectivity index (χ3n) is 4.54. The van der Waals surface area contributed by atoms with Crippen LogP contribution in [-0.4, -0.2) is 40.4 Å². The van der Waals surface area contributed by atoms with Crippen molar-refractivity contribution in [3.8, 4) is 5.75 Å². The molecule has 132 valence electrons. The molecule has 1 aliphatic heterocycles. The van der Waals surface area contributed by atoms with Crippen LogP contribution in [0.3, 0.4) is 0 Å². The Hall–Kier alpha value is -2.83. The summed E-state index contributed by atoms with van der Waals surface area (Å²) < 4.78 is 1.30. The van der Waals surface area contributed by atoms with E-state index in [-0.39, 0.29) is 23.6 Å². The van der Waals surface area contributed by atoms with Crippen LogP contribution in [0.4, 0.5) is 5.69 Å². The van der Waals surface area contributed by atoms with Crippen LogP contribution in [0.5, 0.6) is 5.75 Å². The van der Waals surface area contributed by atoms with Gasteiger partial charge in [0.15, 0.2) is 0 Å². The summed E-state index contributed by atoms with van der Waals surface area (Å²) in [5.41, 5.74) is 1.32. The Morgan fingerprint density at radius 1 is 1.40 bits per heavy atom. The Morgan fingerprint density at radius 2 is 2.20 bits per heavy atom. The van der Waals surface area contributed by atoms with E-state index in [9.17, 15) is 14.7 Å². The minimum Gasteiger partial charge on any atom is -0.508 e. The van der Waals surface area contributed by atoms with Crippen LogP contribution in [0.1, 0.15) is 12.0 Å². The average molecular weight is 342 g/mol. The second kappa shape index (κ2) is 7.38. The van der Waals surface area contributed by atoms with Crippen LogP contribution in [-0.2, 0) is 18.3 Å². The third kappa shape index (κ3) is 4.17. The first-order chi connectivity index (χ1) is 12.0. The molecular formula is C18H22N4O3. The van der Waals surface area contributed by atoms with Gasteiger partial charge in [-0.3, -0.25) is 9.59 Å². The number of aromatic hydroxyl groups is 1. The molecule has 25 heavy (non-hydrogen) atoms. The molecule has 2 heterocycles. The van der Waals surface area contributed by atoms with Crippen molar-refractivity contribution >= 4 is 11.6 Å². The number of aromatic nitrogens is 2. The summed E-state index contributed by atoms with van der Waals surface area (Å²) in [5.74, 6) is 0.371. The summed E-state index contributed by atoms with van der Waals surface area (Å²) >= 11 is 0. The fraction of sp³-hybridized carbons (Fsp3) is 0.389. The number of amides is 1. The molecular weight excluding hydrogens is 320 g/mol. The minimum absolute atomic E-state index is 0.102. The first-order valence-corrected chi connectivity index (χ1v) is 8.35. The Labute approximate surface area is 145 Å². The number of nitrogens with zero attached hydrogens (tertiary/aromatic N) is 3. The fourth-order valence-corrected chi connectivity index (χ4v) is 3.02. The van der Waals surface area contributed by atoms with E-state index in [1.165, 1.54) is 4.68 Å². The van der Waals surface area contributed by atoms with Crippen LogP contribution in [0.25, 0.3) is 0 Å². The number of anilines is 1. The van der Waals surface area contributed by atoms with Crippen LogP contribution in [0, 0.1) is 5.92 Å². The van der Waals surface area contributed by atoms with Crippen LogP contribution in [0.2, 0.25) is 0 Å². The van der Waals surface area contributed by atoms with E-state index in [0.717, 1.165) is 25.2 Å². The van der Waals surface area contributed by atoms with Crippen LogP contribution in [0.15, 0.2) is 41.3 Å². The third-order valence-corrected chi connectivity index (χ3v) is 4.54. The van der Waals surface area contributed by atoms with Gasteiger partial charge in [-0.05, 0) is 18.4 Å². The van der Waals surface area contributed by atoms with E-state index in [2.05, 4.69) is 15.3 Å². The molecule has 1 amide bonds. The summed E-state index contributed by atoms with van der Waals surface area (Å²) in [5, 5.41) is 16.7. The predicted molar refractivity (Wildman–Crippen MR) is 94.6 cm³/mol. The number of carbonyl (C=O) groups is 1. The van der Waals surface area contributed by atoms with Crippen LogP contribution >= 0.6 is 0 Å². The summed E-state index contributed by atoms with van der Waals surface area (Å²) in [4.78, 5) is 25.9. The Morgan fingerprint density at radius 3 is 2.96 bits per heavy atom. The van der Waals surface area contributed by atoms with Crippen molar-refractivity contribution in [2.75, 3.05) is 24.5 Å². The van der Waals surface area contributed by atoms with Gasteiger partial charge in [-0.25, -0.2) is 4.68 Å². The summed E-state index contributed by atoms with van der Waals surface area (Å²) in [7, 11) is 1.62. The number of hydrogen-bond donors (Lipinski definition) is 2. The molecule has 1 fully saturated rings. The fourth-order valence-electron chi connectivity index (χ4n) is 3.02. The van der Waals surface area contributed by atoms with Crippen molar-refractivity contribution in [1.82, 2.24) is 15.1 Å². The van der Waals surface area contributed by atoms with Gasteiger partial charge in [0.05, 0.1) is 18.3 Å². The quantitative estimate of drug-likeness (QED) is 0.834. The molecule has 1 aliphatic rings. The molecule has 0 spiro atoms. The lowest BCUT2D eigenvalue weighted by atomic mass is 10.1. The van der Waals surface area contributed by atoms with Gasteiger partial charge in [0.1, 0.15) is 5.75 Å². The number of nitrogens with one attached hydrogen (secondary N) is 1. The van der Waals surface area contributed by atoms with Gasteiger partial charge in [-0.1, -0.05) is 18.2 Å². The lowest BCUT2D eigenvalue weighted by Crippen LogP contribution is -2.32. The van der Waals surface area contributed by atoms with Gasteiger partial charge in [-0.15, -0.1) is 0 Å². The van der Waals surface area contributed by atoms with Gasteiger partial charge in [-0.2, -0.15) is 5.10 Å². The molecule has 1 atom stereocenters. The number of phenolic OH excluding ortho intramolecular Hbond substituents is 1. The smallest absolute Gasteiger partial charge is 0.268 e. The maximum absolute atomic E-state index is 12.1. The molecule has 0 aliphatic carbocycles. The van der Waals surface area contributed by atoms with Crippen LogP contribution < -0.4 is 15.8 Å². The van der Waals surface area contributed by atoms with Crippen molar-refractivity contribution in [1.29, 1.82) is 0 Å². The average Bonchev–Trinajstić information content (AvgIpc) is 3.07. The highest BCUT2D eigenvalue weighted by Gasteiger charge is 2.23. The molecule has 1 aromatic carbocycles. The van der Waals surface area contributed by atoms with E-state index < -0.39 is 0 Å². The number of phenols is 1. The molecule has 2 N–H and O–H groups in total. The van der Waals surface area contributed by atoms with Gasteiger partial charge < -0.3 is 15.3 Å². The zero-order valence-corrected chi connectivity index (χ0v) is 14.2. The zero-order valence-electron chi connectivity index (χ0n) is 14.2. The predicted octanol–water partition coefficient (Wildman–Crippen LogP) is 0.671. The molecule has 0 unspecified atom stereocenters. The Kier molecular flexibility index (Phi) is 5.02. The van der Waals surface area contributed by atoms with E-state index in [1.54, 1.807) is 43.6 Å². The first kappa shape index (κ1) is 17.0. The molecule has 3 rings (SSSR count). The second-order valence-corrected chi connectivity index (χ2v) is 6.39. The zero-order chi connectivity index (χ0) is 17.8. The molecule has 0 radical (unpaired) electrons. The molecule has 1 saturated heterocycles. The van der Waals surface area contributed by atoms with E-state index in [1.807, 2.05) is 0 Å². The van der Waals surface area contributed by atoms with Crippen molar-refractivity contribution in [3.63, 3.8) is 0 Å². The number of benzene rings is 1. The number of rotatable bonds is 5. The van der Waals surface area contributed by atoms with Gasteiger partial charge in [0, 0.05) is 38.3 Å². The lowest BCUT2D eigenvalue weighted by Gasteiger charge is -2.18. The minimum atomic E-state index is -0.128. The molecule has 0 saturated carbocycles. The normalized spacial score (nSPS) is 16.8. The standard InChI is InChI=1S/C18H22N4O3/c1-21-18(25)9-15(11-20-21)22-7-6-13(12-22)10-19-17(24)8-14-4-2-3-5-16(14)23/h2-5,9,11,13,23H,6-8,10,12H2,1H3,(H,19,24)/t13-/m1/s1. The summed E-state index contributed by atoms with van der Waals surface area (Å²) in [6, 6.07) is 8.45. The number of aryl methyl sites for hydroxylation is 1. The molecule has 7 nitrogen and oxygen atoms in total. The van der Waals surface area contributed by atoms with E-state index in [0.29, 0.717) is 18.0 Å². The van der Waals surface area contributed by atoms with Crippen molar-refractivity contribution < 1.29 is 9.90 Å². The Bertz CT molecular complexity index is 818. The maximum atomic E-state index is 12.1. The Balaban J connectivity index is 1.50. The lowest BCUT2D eigenvalue weighted by molar-refractivity contribution is -0.120. The van der Waals surface area contributed by atoms with Gasteiger partial charge >= 0.3 is 0 Å².